The molecule has 1 unspecified atom stereocenters. The maximum atomic E-state index is 10.1. The zero-order valence-electron chi connectivity index (χ0n) is 15.4. The second-order valence-electron chi connectivity index (χ2n) is 6.94. The van der Waals surface area contributed by atoms with Crippen LogP contribution in [-0.2, 0) is 0 Å². The van der Waals surface area contributed by atoms with Crippen LogP contribution in [0.15, 0.2) is 71.7 Å². The number of aliphatic hydroxyl groups excluding tert-OH is 6. The number of halogens is 1. The fourth-order valence-corrected chi connectivity index (χ4v) is 2.76. The molecule has 0 amide bonds. The molecule has 0 fully saturated rings. The van der Waals surface area contributed by atoms with Gasteiger partial charge in [0.1, 0.15) is 35.9 Å². The number of hydrogen-bond acceptors (Lipinski definition) is 6. The third-order valence-corrected chi connectivity index (χ3v) is 4.67. The normalized spacial score (nSPS) is 25.0. The molecule has 152 valence electrons. The molecular weight excluding hydrogens is 384 g/mol. The largest absolute Gasteiger partial charge is 0.509 e. The van der Waals surface area contributed by atoms with Crippen LogP contribution >= 0.6 is 11.6 Å². The maximum Gasteiger partial charge on any atom is 0.139 e. The van der Waals surface area contributed by atoms with Crippen LogP contribution in [0.2, 0.25) is 0 Å². The predicted octanol–water partition coefficient (Wildman–Crippen LogP) is 2.35. The minimum absolute atomic E-state index is 0.516. The second-order valence-corrected chi connectivity index (χ2v) is 7.80. The van der Waals surface area contributed by atoms with E-state index in [9.17, 15) is 30.6 Å². The van der Waals surface area contributed by atoms with Crippen molar-refractivity contribution in [1.82, 2.24) is 0 Å². The van der Waals surface area contributed by atoms with Crippen molar-refractivity contribution < 1.29 is 30.6 Å². The molecule has 0 radical (unpaired) electrons. The molecule has 0 aliphatic heterocycles. The Balaban J connectivity index is 2.05. The van der Waals surface area contributed by atoms with Crippen LogP contribution in [0.25, 0.3) is 6.08 Å². The molecule has 1 aliphatic rings. The molecule has 1 aromatic rings. The standard InChI is InChI=1S/C21H25ClO6/c1-21(22)9-7-14(8-10-21)12-16(24)18(26)20(28)19(27)17(25)15(23)11-13-5-3-2-4-6-13/h2-9,11-12,17-20,23-28H,10H2,1H3/t17-,18+,19-,20-,21?/m1/s1. The molecule has 2 rings (SSSR count). The highest BCUT2D eigenvalue weighted by Crippen LogP contribution is 2.28. The van der Waals surface area contributed by atoms with Crippen molar-refractivity contribution in [2.75, 3.05) is 0 Å². The summed E-state index contributed by atoms with van der Waals surface area (Å²) in [5, 5.41) is 60.3. The lowest BCUT2D eigenvalue weighted by molar-refractivity contribution is -0.1000. The van der Waals surface area contributed by atoms with E-state index in [4.69, 9.17) is 11.6 Å². The first-order chi connectivity index (χ1) is 13.1. The van der Waals surface area contributed by atoms with Gasteiger partial charge in [0.15, 0.2) is 0 Å². The molecule has 0 saturated heterocycles. The summed E-state index contributed by atoms with van der Waals surface area (Å²) in [5.41, 5.74) is 1.15. The molecule has 1 aliphatic carbocycles. The van der Waals surface area contributed by atoms with Crippen LogP contribution in [0, 0.1) is 0 Å². The predicted molar refractivity (Wildman–Crippen MR) is 108 cm³/mol. The van der Waals surface area contributed by atoms with E-state index in [0.717, 1.165) is 0 Å². The highest BCUT2D eigenvalue weighted by molar-refractivity contribution is 6.25. The molecule has 5 atom stereocenters. The van der Waals surface area contributed by atoms with Gasteiger partial charge >= 0.3 is 0 Å². The third kappa shape index (κ3) is 5.95. The van der Waals surface area contributed by atoms with Crippen LogP contribution < -0.4 is 0 Å². The summed E-state index contributed by atoms with van der Waals surface area (Å²) in [6, 6.07) is 8.58. The summed E-state index contributed by atoms with van der Waals surface area (Å²) in [6.45, 7) is 1.83. The van der Waals surface area contributed by atoms with Gasteiger partial charge in [-0.25, -0.2) is 0 Å². The number of benzene rings is 1. The average Bonchev–Trinajstić information content (AvgIpc) is 2.67. The number of aliphatic hydroxyl groups is 6. The highest BCUT2D eigenvalue weighted by atomic mass is 35.5. The topological polar surface area (TPSA) is 121 Å². The first-order valence-corrected chi connectivity index (χ1v) is 9.15. The first-order valence-electron chi connectivity index (χ1n) is 8.77. The fourth-order valence-electron chi connectivity index (χ4n) is 2.62. The van der Waals surface area contributed by atoms with Crippen LogP contribution in [0.1, 0.15) is 18.9 Å². The minimum atomic E-state index is -1.94. The Bertz CT molecular complexity index is 781. The van der Waals surface area contributed by atoms with E-state index in [1.165, 1.54) is 12.2 Å². The van der Waals surface area contributed by atoms with E-state index >= 15 is 0 Å². The van der Waals surface area contributed by atoms with Crippen LogP contribution in [0.5, 0.6) is 0 Å². The molecule has 28 heavy (non-hydrogen) atoms. The smallest absolute Gasteiger partial charge is 0.139 e. The van der Waals surface area contributed by atoms with Gasteiger partial charge in [0.2, 0.25) is 0 Å². The van der Waals surface area contributed by atoms with E-state index in [-0.39, 0.29) is 0 Å². The Morgan fingerprint density at radius 3 is 2.00 bits per heavy atom. The molecule has 6 N–H and O–H groups in total. The summed E-state index contributed by atoms with van der Waals surface area (Å²) in [6.07, 6.45) is 0.517. The SMILES string of the molecule is CC1(Cl)C=CC(C=C(O)[C@H](O)[C@@H](O)[C@H](O)[C@H](O)C(O)=Cc2ccccc2)=CC1. The molecule has 0 aromatic heterocycles. The van der Waals surface area contributed by atoms with Crippen molar-refractivity contribution in [3.05, 3.63) is 77.3 Å². The quantitative estimate of drug-likeness (QED) is 0.304. The van der Waals surface area contributed by atoms with Gasteiger partial charge in [0.05, 0.1) is 4.87 Å². The molecule has 0 bridgehead atoms. The number of alkyl halides is 1. The molecule has 7 heteroatoms. The molecule has 0 saturated carbocycles. The Labute approximate surface area is 168 Å². The van der Waals surface area contributed by atoms with Gasteiger partial charge in [-0.1, -0.05) is 48.6 Å². The monoisotopic (exact) mass is 408 g/mol. The van der Waals surface area contributed by atoms with Crippen LogP contribution in [0.4, 0.5) is 0 Å². The van der Waals surface area contributed by atoms with E-state index in [1.54, 1.807) is 48.6 Å². The van der Waals surface area contributed by atoms with E-state index < -0.39 is 40.8 Å². The van der Waals surface area contributed by atoms with Gasteiger partial charge in [0, 0.05) is 0 Å². The highest BCUT2D eigenvalue weighted by Gasteiger charge is 2.34. The van der Waals surface area contributed by atoms with E-state index in [0.29, 0.717) is 17.6 Å². The summed E-state index contributed by atoms with van der Waals surface area (Å²) in [7, 11) is 0. The van der Waals surface area contributed by atoms with Gasteiger partial charge < -0.3 is 30.6 Å². The first kappa shape index (κ1) is 22.2. The zero-order chi connectivity index (χ0) is 20.9. The van der Waals surface area contributed by atoms with Gasteiger partial charge in [-0.05, 0) is 36.6 Å². The lowest BCUT2D eigenvalue weighted by atomic mass is 9.95. The van der Waals surface area contributed by atoms with Crippen LogP contribution in [-0.4, -0.2) is 59.9 Å². The van der Waals surface area contributed by atoms with Crippen molar-refractivity contribution >= 4 is 17.7 Å². The van der Waals surface area contributed by atoms with Gasteiger partial charge in [0.25, 0.3) is 0 Å². The lowest BCUT2D eigenvalue weighted by Crippen LogP contribution is -2.45. The summed E-state index contributed by atoms with van der Waals surface area (Å²) < 4.78 is 0. The zero-order valence-corrected chi connectivity index (χ0v) is 16.1. The minimum Gasteiger partial charge on any atom is -0.509 e. The van der Waals surface area contributed by atoms with Gasteiger partial charge in [-0.2, -0.15) is 0 Å². The van der Waals surface area contributed by atoms with Crippen molar-refractivity contribution in [3.8, 4) is 0 Å². The summed E-state index contributed by atoms with van der Waals surface area (Å²) in [4.78, 5) is -0.520. The summed E-state index contributed by atoms with van der Waals surface area (Å²) in [5.74, 6) is -1.19. The molecule has 0 heterocycles. The maximum absolute atomic E-state index is 10.1. The third-order valence-electron chi connectivity index (χ3n) is 4.39. The average molecular weight is 409 g/mol. The molecule has 1 aromatic carbocycles. The molecular formula is C21H25ClO6. The van der Waals surface area contributed by atoms with Crippen LogP contribution in [0.3, 0.4) is 0 Å². The molecule has 0 spiro atoms. The van der Waals surface area contributed by atoms with Crippen molar-refractivity contribution in [1.29, 1.82) is 0 Å². The summed E-state index contributed by atoms with van der Waals surface area (Å²) >= 11 is 6.16. The van der Waals surface area contributed by atoms with Crippen molar-refractivity contribution in [2.45, 2.75) is 42.6 Å². The Hall–Kier alpha value is -2.09. The Morgan fingerprint density at radius 2 is 1.50 bits per heavy atom. The van der Waals surface area contributed by atoms with Crippen molar-refractivity contribution in [3.63, 3.8) is 0 Å². The number of hydrogen-bond donors (Lipinski definition) is 6. The van der Waals surface area contributed by atoms with Gasteiger partial charge in [-0.3, -0.25) is 0 Å². The number of rotatable bonds is 7. The fraction of sp³-hybridized carbons (Fsp3) is 0.333. The Kier molecular flexibility index (Phi) is 7.46. The van der Waals surface area contributed by atoms with Crippen molar-refractivity contribution in [2.24, 2.45) is 0 Å². The number of allylic oxidation sites excluding steroid dienone is 5. The van der Waals surface area contributed by atoms with Gasteiger partial charge in [-0.15, -0.1) is 11.6 Å². The second kappa shape index (κ2) is 9.41. The Morgan fingerprint density at radius 1 is 0.964 bits per heavy atom. The molecule has 6 nitrogen and oxygen atoms in total. The van der Waals surface area contributed by atoms with E-state index in [1.807, 2.05) is 6.92 Å². The lowest BCUT2D eigenvalue weighted by Gasteiger charge is -2.26. The van der Waals surface area contributed by atoms with E-state index in [2.05, 4.69) is 0 Å².